The van der Waals surface area contributed by atoms with Crippen molar-refractivity contribution in [3.63, 3.8) is 0 Å². The minimum absolute atomic E-state index is 0.245. The first-order chi connectivity index (χ1) is 16.3. The molecule has 35 heavy (non-hydrogen) atoms. The normalized spacial score (nSPS) is 13.7. The molecule has 0 aromatic heterocycles. The van der Waals surface area contributed by atoms with Gasteiger partial charge in [-0.05, 0) is 72.2 Å². The Balaban J connectivity index is 1.90. The fraction of sp³-hybridized carbons (Fsp3) is 0.556. The van der Waals surface area contributed by atoms with E-state index in [0.717, 1.165) is 73.2 Å². The van der Waals surface area contributed by atoms with Gasteiger partial charge in [-0.2, -0.15) is 49.9 Å². The number of hydrogen-bond donors (Lipinski definition) is 0. The fourth-order valence-corrected chi connectivity index (χ4v) is 6.23. The van der Waals surface area contributed by atoms with Crippen molar-refractivity contribution < 1.29 is 26.3 Å². The molecule has 0 fully saturated rings. The summed E-state index contributed by atoms with van der Waals surface area (Å²) >= 11 is 3.48. The van der Waals surface area contributed by atoms with Gasteiger partial charge in [0.2, 0.25) is 0 Å². The highest BCUT2D eigenvalue weighted by atomic mass is 32.2. The second-order valence-corrected chi connectivity index (χ2v) is 12.0. The molecule has 0 saturated heterocycles. The van der Waals surface area contributed by atoms with Crippen LogP contribution in [-0.2, 0) is 23.9 Å². The number of rotatable bonds is 13. The van der Waals surface area contributed by atoms with Gasteiger partial charge < -0.3 is 0 Å². The summed E-state index contributed by atoms with van der Waals surface area (Å²) in [5.74, 6) is 2.18. The molecule has 8 heteroatoms. The lowest BCUT2D eigenvalue weighted by Gasteiger charge is -2.27. The minimum Gasteiger partial charge on any atom is -0.166 e. The lowest BCUT2D eigenvalue weighted by atomic mass is 9.83. The van der Waals surface area contributed by atoms with Crippen molar-refractivity contribution in [1.29, 1.82) is 0 Å². The molecule has 196 valence electrons. The Labute approximate surface area is 213 Å². The van der Waals surface area contributed by atoms with Crippen molar-refractivity contribution in [2.24, 2.45) is 5.41 Å². The van der Waals surface area contributed by atoms with Crippen molar-refractivity contribution in [1.82, 2.24) is 0 Å². The number of benzene rings is 2. The van der Waals surface area contributed by atoms with E-state index in [0.29, 0.717) is 16.8 Å². The van der Waals surface area contributed by atoms with Gasteiger partial charge in [0.05, 0.1) is 11.1 Å². The Hall–Kier alpha value is -1.28. The van der Waals surface area contributed by atoms with Gasteiger partial charge in [0, 0.05) is 16.8 Å². The summed E-state index contributed by atoms with van der Waals surface area (Å²) in [6.07, 6.45) is -3.34. The van der Waals surface area contributed by atoms with E-state index in [1.54, 1.807) is 35.7 Å². The van der Waals surface area contributed by atoms with E-state index < -0.39 is 23.5 Å². The fourth-order valence-electron chi connectivity index (χ4n) is 3.86. The van der Waals surface area contributed by atoms with Crippen LogP contribution in [0.25, 0.3) is 0 Å². The largest absolute Gasteiger partial charge is 0.416 e. The molecule has 2 rings (SSSR count). The van der Waals surface area contributed by atoms with E-state index >= 15 is 0 Å². The van der Waals surface area contributed by atoms with Crippen LogP contribution in [0.1, 0.15) is 75.1 Å². The predicted molar refractivity (Wildman–Crippen MR) is 137 cm³/mol. The molecule has 1 atom stereocenters. The summed E-state index contributed by atoms with van der Waals surface area (Å²) in [6.45, 7) is 6.72. The number of alkyl halides is 6. The predicted octanol–water partition coefficient (Wildman–Crippen LogP) is 10.3. The maximum Gasteiger partial charge on any atom is 0.416 e. The number of halogens is 6. The van der Waals surface area contributed by atoms with Crippen molar-refractivity contribution in [3.05, 3.63) is 70.8 Å². The van der Waals surface area contributed by atoms with E-state index in [4.69, 9.17) is 0 Å². The molecule has 0 radical (unpaired) electrons. The zero-order valence-electron chi connectivity index (χ0n) is 20.4. The van der Waals surface area contributed by atoms with Crippen LogP contribution in [0.4, 0.5) is 26.3 Å². The maximum atomic E-state index is 12.8. The summed E-state index contributed by atoms with van der Waals surface area (Å²) in [5, 5.41) is 0.369. The van der Waals surface area contributed by atoms with Crippen LogP contribution in [0.3, 0.4) is 0 Å². The summed E-state index contributed by atoms with van der Waals surface area (Å²) in [7, 11) is 0. The molecular formula is C27H34F6S2. The smallest absolute Gasteiger partial charge is 0.166 e. The first-order valence-electron chi connectivity index (χ1n) is 11.8. The molecule has 2 aromatic carbocycles. The van der Waals surface area contributed by atoms with Gasteiger partial charge in [-0.1, -0.05) is 51.5 Å². The molecule has 0 aliphatic rings. The highest BCUT2D eigenvalue weighted by Gasteiger charge is 2.30. The standard InChI is InChI=1S/C27H34F6S2/c1-4-15-25(2,3)16-13-24(35-19-21-7-11-23(12-8-21)27(31,32)33)14-17-34-18-20-5-9-22(10-6-20)26(28,29)30/h5-12,24H,4,13-19H2,1-3H3/t24-/m1/s1. The summed E-state index contributed by atoms with van der Waals surface area (Å²) in [5.41, 5.74) is 0.707. The lowest BCUT2D eigenvalue weighted by Crippen LogP contribution is -2.15. The summed E-state index contributed by atoms with van der Waals surface area (Å²) < 4.78 is 76.6. The molecule has 0 aliphatic heterocycles. The Morgan fingerprint density at radius 3 is 1.63 bits per heavy atom. The minimum atomic E-state index is -4.33. The first-order valence-corrected chi connectivity index (χ1v) is 14.0. The number of hydrogen-bond acceptors (Lipinski definition) is 2. The van der Waals surface area contributed by atoms with Crippen LogP contribution in [0.15, 0.2) is 48.5 Å². The molecular weight excluding hydrogens is 502 g/mol. The summed E-state index contributed by atoms with van der Waals surface area (Å²) in [4.78, 5) is 0. The second kappa shape index (κ2) is 13.3. The van der Waals surface area contributed by atoms with Crippen LogP contribution in [0.5, 0.6) is 0 Å². The van der Waals surface area contributed by atoms with Gasteiger partial charge in [0.1, 0.15) is 0 Å². The molecule has 0 spiro atoms. The third kappa shape index (κ3) is 11.1. The van der Waals surface area contributed by atoms with Gasteiger partial charge in [-0.15, -0.1) is 0 Å². The van der Waals surface area contributed by atoms with E-state index in [9.17, 15) is 26.3 Å². The van der Waals surface area contributed by atoms with Gasteiger partial charge in [0.25, 0.3) is 0 Å². The maximum absolute atomic E-state index is 12.8. The van der Waals surface area contributed by atoms with Gasteiger partial charge in [-0.3, -0.25) is 0 Å². The van der Waals surface area contributed by atoms with E-state index in [2.05, 4.69) is 20.8 Å². The average molecular weight is 537 g/mol. The Morgan fingerprint density at radius 2 is 1.17 bits per heavy atom. The molecule has 0 aliphatic carbocycles. The quantitative estimate of drug-likeness (QED) is 0.184. The van der Waals surface area contributed by atoms with Crippen LogP contribution in [-0.4, -0.2) is 11.0 Å². The van der Waals surface area contributed by atoms with Crippen LogP contribution < -0.4 is 0 Å². The molecule has 0 bridgehead atoms. The molecule has 2 aromatic rings. The van der Waals surface area contributed by atoms with Crippen molar-refractivity contribution >= 4 is 23.5 Å². The first kappa shape index (κ1) is 29.9. The number of thioether (sulfide) groups is 2. The van der Waals surface area contributed by atoms with Gasteiger partial charge >= 0.3 is 12.4 Å². The molecule has 0 saturated carbocycles. The van der Waals surface area contributed by atoms with Crippen molar-refractivity contribution in [3.8, 4) is 0 Å². The SMILES string of the molecule is CCCC(C)(C)CC[C@H](CCSCc1ccc(C(F)(F)F)cc1)SCc1ccc(C(F)(F)F)cc1. The lowest BCUT2D eigenvalue weighted by molar-refractivity contribution is -0.138. The second-order valence-electron chi connectivity index (χ2n) is 9.62. The zero-order chi connectivity index (χ0) is 26.1. The monoisotopic (exact) mass is 536 g/mol. The molecule has 0 nitrogen and oxygen atoms in total. The van der Waals surface area contributed by atoms with Gasteiger partial charge in [-0.25, -0.2) is 0 Å². The van der Waals surface area contributed by atoms with E-state index in [-0.39, 0.29) is 5.41 Å². The highest BCUT2D eigenvalue weighted by molar-refractivity contribution is 7.99. The molecule has 0 heterocycles. The Kier molecular flexibility index (Phi) is 11.4. The zero-order valence-corrected chi connectivity index (χ0v) is 22.1. The molecule has 0 N–H and O–H groups in total. The topological polar surface area (TPSA) is 0 Å². The highest BCUT2D eigenvalue weighted by Crippen LogP contribution is 2.35. The van der Waals surface area contributed by atoms with E-state index in [1.807, 2.05) is 0 Å². The Bertz CT molecular complexity index is 871. The van der Waals surface area contributed by atoms with E-state index in [1.165, 1.54) is 12.1 Å². The van der Waals surface area contributed by atoms with Crippen LogP contribution in [0, 0.1) is 5.41 Å². The Morgan fingerprint density at radius 1 is 0.686 bits per heavy atom. The van der Waals surface area contributed by atoms with Crippen molar-refractivity contribution in [2.75, 3.05) is 5.75 Å². The summed E-state index contributed by atoms with van der Waals surface area (Å²) in [6, 6.07) is 10.7. The third-order valence-corrected chi connectivity index (χ3v) is 8.48. The van der Waals surface area contributed by atoms with Crippen LogP contribution >= 0.6 is 23.5 Å². The van der Waals surface area contributed by atoms with Crippen LogP contribution in [0.2, 0.25) is 0 Å². The molecule has 0 unspecified atom stereocenters. The average Bonchev–Trinajstić information content (AvgIpc) is 2.77. The van der Waals surface area contributed by atoms with Crippen molar-refractivity contribution in [2.45, 2.75) is 82.0 Å². The third-order valence-electron chi connectivity index (χ3n) is 5.97. The van der Waals surface area contributed by atoms with Gasteiger partial charge in [0.15, 0.2) is 0 Å². The molecule has 0 amide bonds.